The highest BCUT2D eigenvalue weighted by molar-refractivity contribution is 7.19. The minimum atomic E-state index is 0.586. The fourth-order valence-electron chi connectivity index (χ4n) is 2.28. The summed E-state index contributed by atoms with van der Waals surface area (Å²) < 4.78 is 6.82. The maximum atomic E-state index is 5.11. The minimum absolute atomic E-state index is 0.586. The molecule has 0 aliphatic carbocycles. The number of hydrogen-bond acceptors (Lipinski definition) is 7. The van der Waals surface area contributed by atoms with Gasteiger partial charge < -0.3 is 9.42 Å². The monoisotopic (exact) mass is 326 g/mol. The summed E-state index contributed by atoms with van der Waals surface area (Å²) in [5.74, 6) is 1.31. The summed E-state index contributed by atoms with van der Waals surface area (Å²) in [4.78, 5) is 2.79. The number of nitrogens with zero attached hydrogens (tertiary/aromatic N) is 6. The number of aromatic nitrogens is 5. The predicted molar refractivity (Wildman–Crippen MR) is 88.7 cm³/mol. The van der Waals surface area contributed by atoms with E-state index in [0.717, 1.165) is 27.0 Å². The molecular formula is C15H14N6OS. The topological polar surface area (TPSA) is 72.4 Å². The van der Waals surface area contributed by atoms with E-state index in [1.165, 1.54) is 11.3 Å². The molecule has 0 bridgehead atoms. The van der Waals surface area contributed by atoms with Crippen LogP contribution in [0, 0.1) is 6.92 Å². The Hall–Kier alpha value is -2.74. The van der Waals surface area contributed by atoms with Crippen LogP contribution in [-0.2, 0) is 0 Å². The van der Waals surface area contributed by atoms with Gasteiger partial charge in [0, 0.05) is 31.4 Å². The van der Waals surface area contributed by atoms with Gasteiger partial charge in [-0.05, 0) is 19.1 Å². The molecule has 3 heterocycles. The Balaban J connectivity index is 1.81. The van der Waals surface area contributed by atoms with Gasteiger partial charge in [-0.3, -0.25) is 0 Å². The molecule has 0 spiro atoms. The second-order valence-corrected chi connectivity index (χ2v) is 6.35. The van der Waals surface area contributed by atoms with Gasteiger partial charge in [0.25, 0.3) is 0 Å². The summed E-state index contributed by atoms with van der Waals surface area (Å²) in [6, 6.07) is 10.1. The van der Waals surface area contributed by atoms with Crippen LogP contribution in [0.3, 0.4) is 0 Å². The molecule has 0 aliphatic rings. The van der Waals surface area contributed by atoms with E-state index in [4.69, 9.17) is 4.52 Å². The van der Waals surface area contributed by atoms with E-state index in [1.54, 1.807) is 4.52 Å². The van der Waals surface area contributed by atoms with Crippen molar-refractivity contribution in [3.05, 3.63) is 36.1 Å². The molecule has 0 N–H and O–H groups in total. The zero-order valence-electron chi connectivity index (χ0n) is 12.9. The molecule has 0 fully saturated rings. The smallest absolute Gasteiger partial charge is 0.235 e. The average molecular weight is 326 g/mol. The molecule has 116 valence electrons. The summed E-state index contributed by atoms with van der Waals surface area (Å²) in [5, 5.41) is 17.8. The first kappa shape index (κ1) is 13.9. The Kier molecular flexibility index (Phi) is 3.12. The van der Waals surface area contributed by atoms with E-state index in [2.05, 4.69) is 37.5 Å². The largest absolute Gasteiger partial charge is 0.378 e. The second kappa shape index (κ2) is 5.17. The lowest BCUT2D eigenvalue weighted by molar-refractivity contribution is 0.399. The molecule has 1 aromatic carbocycles. The van der Waals surface area contributed by atoms with Gasteiger partial charge in [0.05, 0.1) is 0 Å². The van der Waals surface area contributed by atoms with E-state index in [-0.39, 0.29) is 0 Å². The summed E-state index contributed by atoms with van der Waals surface area (Å²) >= 11 is 1.49. The fraction of sp³-hybridized carbons (Fsp3) is 0.200. The van der Waals surface area contributed by atoms with Crippen LogP contribution >= 0.6 is 11.3 Å². The van der Waals surface area contributed by atoms with Crippen LogP contribution in [-0.4, -0.2) is 39.1 Å². The first-order valence-electron chi connectivity index (χ1n) is 7.05. The van der Waals surface area contributed by atoms with Crippen LogP contribution in [0.4, 0.5) is 5.69 Å². The number of anilines is 1. The van der Waals surface area contributed by atoms with Crippen LogP contribution in [0.5, 0.6) is 0 Å². The Morgan fingerprint density at radius 2 is 2.04 bits per heavy atom. The molecule has 0 saturated carbocycles. The summed E-state index contributed by atoms with van der Waals surface area (Å²) in [6.07, 6.45) is 0. The maximum Gasteiger partial charge on any atom is 0.235 e. The molecular weight excluding hydrogens is 312 g/mol. The molecule has 4 aromatic rings. The average Bonchev–Trinajstić information content (AvgIpc) is 3.22. The number of rotatable bonds is 3. The fourth-order valence-corrected chi connectivity index (χ4v) is 3.12. The summed E-state index contributed by atoms with van der Waals surface area (Å²) in [5.41, 5.74) is 2.81. The minimum Gasteiger partial charge on any atom is -0.378 e. The quantitative estimate of drug-likeness (QED) is 0.576. The van der Waals surface area contributed by atoms with Gasteiger partial charge >= 0.3 is 0 Å². The van der Waals surface area contributed by atoms with Crippen molar-refractivity contribution in [1.29, 1.82) is 0 Å². The predicted octanol–water partition coefficient (Wildman–Crippen LogP) is 2.88. The third kappa shape index (κ3) is 2.36. The SMILES string of the molecule is Cc1cc(-c2nnc3sc(-c4cccc(N(C)C)c4)nn23)no1. The second-order valence-electron chi connectivity index (χ2n) is 5.39. The standard InChI is InChI=1S/C15H14N6OS/c1-9-7-12(19-22-9)13-16-17-15-21(13)18-14(23-15)10-5-4-6-11(8-10)20(2)3/h4-8H,1-3H3. The van der Waals surface area contributed by atoms with E-state index in [1.807, 2.05) is 39.2 Å². The van der Waals surface area contributed by atoms with E-state index in [0.29, 0.717) is 11.5 Å². The van der Waals surface area contributed by atoms with E-state index >= 15 is 0 Å². The van der Waals surface area contributed by atoms with Crippen LogP contribution in [0.25, 0.3) is 27.1 Å². The highest BCUT2D eigenvalue weighted by Crippen LogP contribution is 2.29. The normalized spacial score (nSPS) is 11.3. The van der Waals surface area contributed by atoms with Gasteiger partial charge in [0.2, 0.25) is 10.8 Å². The van der Waals surface area contributed by atoms with Gasteiger partial charge in [0.15, 0.2) is 5.69 Å². The molecule has 7 nitrogen and oxygen atoms in total. The number of aryl methyl sites for hydroxylation is 1. The van der Waals surface area contributed by atoms with Crippen molar-refractivity contribution in [2.45, 2.75) is 6.92 Å². The summed E-state index contributed by atoms with van der Waals surface area (Å²) in [7, 11) is 4.03. The van der Waals surface area contributed by atoms with Gasteiger partial charge in [-0.1, -0.05) is 28.6 Å². The van der Waals surface area contributed by atoms with Crippen molar-refractivity contribution in [3.63, 3.8) is 0 Å². The van der Waals surface area contributed by atoms with Crippen molar-refractivity contribution < 1.29 is 4.52 Å². The zero-order chi connectivity index (χ0) is 16.0. The van der Waals surface area contributed by atoms with Gasteiger partial charge in [-0.2, -0.15) is 9.61 Å². The van der Waals surface area contributed by atoms with E-state index in [9.17, 15) is 0 Å². The van der Waals surface area contributed by atoms with Gasteiger partial charge in [0.1, 0.15) is 10.8 Å². The highest BCUT2D eigenvalue weighted by Gasteiger charge is 2.17. The lowest BCUT2D eigenvalue weighted by atomic mass is 10.2. The molecule has 0 saturated heterocycles. The van der Waals surface area contributed by atoms with Gasteiger partial charge in [-0.15, -0.1) is 10.2 Å². The number of fused-ring (bicyclic) bond motifs is 1. The Bertz CT molecular complexity index is 983. The summed E-state index contributed by atoms with van der Waals surface area (Å²) in [6.45, 7) is 1.84. The lowest BCUT2D eigenvalue weighted by Gasteiger charge is -2.12. The molecule has 23 heavy (non-hydrogen) atoms. The van der Waals surface area contributed by atoms with Crippen molar-refractivity contribution >= 4 is 22.0 Å². The molecule has 0 aliphatic heterocycles. The van der Waals surface area contributed by atoms with Crippen LogP contribution in [0.1, 0.15) is 5.76 Å². The van der Waals surface area contributed by atoms with Crippen molar-refractivity contribution in [3.8, 4) is 22.1 Å². The first-order valence-corrected chi connectivity index (χ1v) is 7.87. The number of benzene rings is 1. The third-order valence-corrected chi connectivity index (χ3v) is 4.41. The molecule has 8 heteroatoms. The Labute approximate surface area is 136 Å². The zero-order valence-corrected chi connectivity index (χ0v) is 13.7. The van der Waals surface area contributed by atoms with Crippen molar-refractivity contribution in [2.24, 2.45) is 0 Å². The molecule has 3 aromatic heterocycles. The first-order chi connectivity index (χ1) is 11.1. The van der Waals surface area contributed by atoms with Crippen molar-refractivity contribution in [2.75, 3.05) is 19.0 Å². The molecule has 0 radical (unpaired) electrons. The maximum absolute atomic E-state index is 5.11. The third-order valence-electron chi connectivity index (χ3n) is 3.46. The van der Waals surface area contributed by atoms with E-state index < -0.39 is 0 Å². The molecule has 0 amide bonds. The Morgan fingerprint density at radius 1 is 1.17 bits per heavy atom. The van der Waals surface area contributed by atoms with Gasteiger partial charge in [-0.25, -0.2) is 0 Å². The highest BCUT2D eigenvalue weighted by atomic mass is 32.1. The Morgan fingerprint density at radius 3 is 2.78 bits per heavy atom. The molecule has 0 atom stereocenters. The lowest BCUT2D eigenvalue weighted by Crippen LogP contribution is -2.08. The molecule has 4 rings (SSSR count). The number of hydrogen-bond donors (Lipinski definition) is 0. The molecule has 0 unspecified atom stereocenters. The van der Waals surface area contributed by atoms with Crippen LogP contribution < -0.4 is 4.90 Å². The van der Waals surface area contributed by atoms with Crippen LogP contribution in [0.15, 0.2) is 34.9 Å². The van der Waals surface area contributed by atoms with Crippen LogP contribution in [0.2, 0.25) is 0 Å². The van der Waals surface area contributed by atoms with Crippen molar-refractivity contribution in [1.82, 2.24) is 25.0 Å².